The fourth-order valence-electron chi connectivity index (χ4n) is 4.58. The number of rotatable bonds is 9. The van der Waals surface area contributed by atoms with Crippen LogP contribution in [0.3, 0.4) is 0 Å². The Balaban J connectivity index is 1.52. The number of nitrogens with zero attached hydrogens (tertiary/aromatic N) is 6. The molecule has 0 aliphatic carbocycles. The van der Waals surface area contributed by atoms with Gasteiger partial charge in [0, 0.05) is 34.8 Å². The van der Waals surface area contributed by atoms with Crippen molar-refractivity contribution >= 4 is 5.78 Å². The summed E-state index contributed by atoms with van der Waals surface area (Å²) in [4.78, 5) is 30.8. The van der Waals surface area contributed by atoms with E-state index in [1.807, 2.05) is 36.4 Å². The predicted octanol–water partition coefficient (Wildman–Crippen LogP) is 4.09. The van der Waals surface area contributed by atoms with Crippen LogP contribution in [0.1, 0.15) is 41.9 Å². The molecule has 0 aliphatic heterocycles. The highest BCUT2D eigenvalue weighted by Crippen LogP contribution is 2.29. The van der Waals surface area contributed by atoms with Gasteiger partial charge in [0.2, 0.25) is 0 Å². The number of benzene rings is 2. The topological polar surface area (TPSA) is 121 Å². The number of aryl methyl sites for hydroxylation is 1. The molecule has 0 fully saturated rings. The van der Waals surface area contributed by atoms with E-state index in [4.69, 9.17) is 4.74 Å². The number of Topliss-reactive ketones (excluding diaryl/α,β-unsaturated/α-hetero) is 1. The molecule has 192 valence electrons. The number of carbonyl (C=O) groups excluding carboxylic acids is 1. The zero-order valence-electron chi connectivity index (χ0n) is 21.4. The van der Waals surface area contributed by atoms with Gasteiger partial charge in [-0.15, -0.1) is 5.10 Å². The van der Waals surface area contributed by atoms with E-state index in [0.29, 0.717) is 35.8 Å². The summed E-state index contributed by atoms with van der Waals surface area (Å²) in [5.41, 5.74) is 4.87. The lowest BCUT2D eigenvalue weighted by molar-refractivity contribution is 0.101. The first-order valence-corrected chi connectivity index (χ1v) is 12.3. The van der Waals surface area contributed by atoms with Crippen LogP contribution in [0.25, 0.3) is 28.3 Å². The molecule has 3 aromatic heterocycles. The average Bonchev–Trinajstić information content (AvgIpc) is 3.58. The minimum atomic E-state index is -0.243. The fourth-order valence-corrected chi connectivity index (χ4v) is 4.58. The molecule has 10 nitrogen and oxygen atoms in total. The highest BCUT2D eigenvalue weighted by Gasteiger charge is 2.20. The number of pyridine rings is 1. The van der Waals surface area contributed by atoms with Gasteiger partial charge in [-0.3, -0.25) is 18.9 Å². The number of ketones is 1. The lowest BCUT2D eigenvalue weighted by Crippen LogP contribution is -2.26. The number of hydrogen-bond acceptors (Lipinski definition) is 7. The number of ether oxygens (including phenoxy) is 1. The Kier molecular flexibility index (Phi) is 6.94. The molecule has 0 bridgehead atoms. The normalized spacial score (nSPS) is 11.0. The minimum absolute atomic E-state index is 0.142. The van der Waals surface area contributed by atoms with E-state index in [9.17, 15) is 9.59 Å². The van der Waals surface area contributed by atoms with Gasteiger partial charge in [0.15, 0.2) is 11.6 Å². The Labute approximate surface area is 218 Å². The van der Waals surface area contributed by atoms with Gasteiger partial charge in [-0.05, 0) is 47.5 Å². The molecule has 0 saturated carbocycles. The minimum Gasteiger partial charge on any atom is -0.495 e. The molecule has 0 unspecified atom stereocenters. The summed E-state index contributed by atoms with van der Waals surface area (Å²) in [5, 5.41) is 14.2. The van der Waals surface area contributed by atoms with E-state index < -0.39 is 0 Å². The number of carbonyl (C=O) groups is 1. The van der Waals surface area contributed by atoms with Crippen molar-refractivity contribution in [3.63, 3.8) is 0 Å². The van der Waals surface area contributed by atoms with Crippen molar-refractivity contribution in [2.45, 2.75) is 33.2 Å². The first-order valence-electron chi connectivity index (χ1n) is 12.3. The van der Waals surface area contributed by atoms with Gasteiger partial charge in [-0.1, -0.05) is 49.7 Å². The summed E-state index contributed by atoms with van der Waals surface area (Å²) < 4.78 is 8.76. The van der Waals surface area contributed by atoms with Crippen LogP contribution in [-0.4, -0.2) is 47.6 Å². The van der Waals surface area contributed by atoms with Crippen molar-refractivity contribution < 1.29 is 9.53 Å². The molecule has 0 radical (unpaired) electrons. The van der Waals surface area contributed by atoms with Gasteiger partial charge >= 0.3 is 5.69 Å². The lowest BCUT2D eigenvalue weighted by Gasteiger charge is -2.12. The van der Waals surface area contributed by atoms with Crippen LogP contribution in [0.15, 0.2) is 71.8 Å². The van der Waals surface area contributed by atoms with Gasteiger partial charge in [0.25, 0.3) is 0 Å². The zero-order chi connectivity index (χ0) is 26.6. The molecule has 5 aromatic rings. The molecular weight excluding hydrogens is 482 g/mol. The molecule has 1 N–H and O–H groups in total. The molecule has 2 aromatic carbocycles. The molecule has 3 heterocycles. The van der Waals surface area contributed by atoms with Crippen LogP contribution in [0.5, 0.6) is 5.75 Å². The van der Waals surface area contributed by atoms with E-state index >= 15 is 0 Å². The van der Waals surface area contributed by atoms with Crippen molar-refractivity contribution in [3.05, 3.63) is 94.3 Å². The number of aromatic amines is 1. The Morgan fingerprint density at radius 1 is 1.05 bits per heavy atom. The van der Waals surface area contributed by atoms with E-state index in [2.05, 4.69) is 32.5 Å². The van der Waals surface area contributed by atoms with Gasteiger partial charge in [-0.25, -0.2) is 9.89 Å². The largest absolute Gasteiger partial charge is 0.495 e. The molecular formula is C28H27N7O3. The number of hydrogen-bond donors (Lipinski definition) is 1. The maximum absolute atomic E-state index is 13.7. The third kappa shape index (κ3) is 4.63. The number of H-pyrrole nitrogens is 1. The zero-order valence-corrected chi connectivity index (χ0v) is 21.4. The molecule has 0 saturated heterocycles. The smallest absolute Gasteiger partial charge is 0.333 e. The summed E-state index contributed by atoms with van der Waals surface area (Å²) >= 11 is 0. The fraction of sp³-hybridized carbons (Fsp3) is 0.214. The Bertz CT molecular complexity index is 1630. The van der Waals surface area contributed by atoms with E-state index in [1.165, 1.54) is 18.6 Å². The average molecular weight is 510 g/mol. The van der Waals surface area contributed by atoms with Gasteiger partial charge < -0.3 is 4.74 Å². The van der Waals surface area contributed by atoms with Crippen LogP contribution in [0, 0.1) is 0 Å². The summed E-state index contributed by atoms with van der Waals surface area (Å²) in [6, 6.07) is 16.8. The third-order valence-corrected chi connectivity index (χ3v) is 6.38. The molecule has 0 amide bonds. The quantitative estimate of drug-likeness (QED) is 0.297. The van der Waals surface area contributed by atoms with Crippen LogP contribution in [0.2, 0.25) is 0 Å². The number of imidazole rings is 1. The third-order valence-electron chi connectivity index (χ3n) is 6.38. The van der Waals surface area contributed by atoms with Gasteiger partial charge in [0.1, 0.15) is 11.4 Å². The number of nitrogens with one attached hydrogen (secondary N) is 1. The predicted molar refractivity (Wildman–Crippen MR) is 143 cm³/mol. The molecule has 0 atom stereocenters. The van der Waals surface area contributed by atoms with Crippen LogP contribution < -0.4 is 10.4 Å². The number of para-hydroxylation sites is 1. The van der Waals surface area contributed by atoms with Crippen LogP contribution >= 0.6 is 0 Å². The summed E-state index contributed by atoms with van der Waals surface area (Å²) in [5.74, 6) is 0.883. The second kappa shape index (κ2) is 10.6. The van der Waals surface area contributed by atoms with E-state index in [0.717, 1.165) is 34.5 Å². The summed E-state index contributed by atoms with van der Waals surface area (Å²) in [6.07, 6.45) is 5.14. The highest BCUT2D eigenvalue weighted by atomic mass is 16.5. The first kappa shape index (κ1) is 24.8. The van der Waals surface area contributed by atoms with E-state index in [1.54, 1.807) is 35.2 Å². The second-order valence-electron chi connectivity index (χ2n) is 8.87. The van der Waals surface area contributed by atoms with Crippen LogP contribution in [0.4, 0.5) is 0 Å². The Hall–Kier alpha value is -4.86. The molecule has 5 rings (SSSR count). The number of methoxy groups -OCH3 is 1. The number of aromatic nitrogens is 7. The van der Waals surface area contributed by atoms with Crippen molar-refractivity contribution in [3.8, 4) is 34.1 Å². The number of tetrazole rings is 1. The monoisotopic (exact) mass is 509 g/mol. The van der Waals surface area contributed by atoms with Crippen molar-refractivity contribution in [2.75, 3.05) is 7.11 Å². The first-order chi connectivity index (χ1) is 18.5. The highest BCUT2D eigenvalue weighted by molar-refractivity contribution is 5.98. The summed E-state index contributed by atoms with van der Waals surface area (Å²) in [7, 11) is 1.53. The SMILES string of the molecule is CCCc1cn(-c2c(OC)cccc2C(C)=O)c(=O)n1Cc1ccc(-c2ccccc2-c2nnn[nH]2)nc1. The van der Waals surface area contributed by atoms with E-state index in [-0.39, 0.29) is 11.5 Å². The Morgan fingerprint density at radius 2 is 1.87 bits per heavy atom. The molecule has 38 heavy (non-hydrogen) atoms. The lowest BCUT2D eigenvalue weighted by atomic mass is 10.0. The van der Waals surface area contributed by atoms with Gasteiger partial charge in [-0.2, -0.15) is 0 Å². The maximum atomic E-state index is 13.7. The standard InChI is InChI=1S/C28H27N7O3/c1-4-8-20-17-35(26-21(18(2)36)11-7-12-25(26)38-3)28(37)34(20)16-19-13-14-24(29-15-19)22-9-5-6-10-23(22)27-30-32-33-31-27/h5-7,9-15,17H,4,8,16H2,1-3H3,(H,30,31,32,33). The molecule has 10 heteroatoms. The maximum Gasteiger partial charge on any atom is 0.333 e. The Morgan fingerprint density at radius 3 is 2.53 bits per heavy atom. The van der Waals surface area contributed by atoms with Crippen molar-refractivity contribution in [1.82, 2.24) is 34.7 Å². The molecule has 0 aliphatic rings. The molecule has 0 spiro atoms. The van der Waals surface area contributed by atoms with Crippen molar-refractivity contribution in [2.24, 2.45) is 0 Å². The second-order valence-corrected chi connectivity index (χ2v) is 8.87. The van der Waals surface area contributed by atoms with Gasteiger partial charge in [0.05, 0.1) is 19.3 Å². The van der Waals surface area contributed by atoms with Crippen molar-refractivity contribution in [1.29, 1.82) is 0 Å². The van der Waals surface area contributed by atoms with Crippen LogP contribution in [-0.2, 0) is 13.0 Å². The summed E-state index contributed by atoms with van der Waals surface area (Å²) in [6.45, 7) is 3.89.